The van der Waals surface area contributed by atoms with Crippen LogP contribution in [0.1, 0.15) is 13.8 Å². The van der Waals surface area contributed by atoms with Gasteiger partial charge < -0.3 is 9.47 Å². The van der Waals surface area contributed by atoms with Crippen molar-refractivity contribution < 1.29 is 19.1 Å². The lowest BCUT2D eigenvalue weighted by molar-refractivity contribution is -0.138. The van der Waals surface area contributed by atoms with Gasteiger partial charge in [0.1, 0.15) is 10.7 Å². The average molecular weight is 237 g/mol. The van der Waals surface area contributed by atoms with Crippen LogP contribution in [0, 0.1) is 0 Å². The summed E-state index contributed by atoms with van der Waals surface area (Å²) in [6, 6.07) is 0. The Morgan fingerprint density at radius 3 is 2.50 bits per heavy atom. The first-order valence-electron chi connectivity index (χ1n) is 3.28. The van der Waals surface area contributed by atoms with Gasteiger partial charge in [0.15, 0.2) is 0 Å². The smallest absolute Gasteiger partial charge is 0.348 e. The Morgan fingerprint density at radius 2 is 2.08 bits per heavy atom. The molecule has 0 aliphatic heterocycles. The van der Waals surface area contributed by atoms with Crippen LogP contribution in [0.3, 0.4) is 0 Å². The number of esters is 2. The molecule has 0 fully saturated rings. The first kappa shape index (κ1) is 11.2. The van der Waals surface area contributed by atoms with Crippen LogP contribution in [0.25, 0.3) is 0 Å². The van der Waals surface area contributed by atoms with Gasteiger partial charge in [-0.1, -0.05) is 0 Å². The van der Waals surface area contributed by atoms with Gasteiger partial charge in [-0.2, -0.15) is 0 Å². The molecule has 0 spiro atoms. The largest absolute Gasteiger partial charge is 0.462 e. The van der Waals surface area contributed by atoms with E-state index in [2.05, 4.69) is 25.4 Å². The van der Waals surface area contributed by atoms with E-state index in [1.165, 1.54) is 6.92 Å². The predicted octanol–water partition coefficient (Wildman–Crippen LogP) is 1.35. The second kappa shape index (κ2) is 5.77. The molecule has 0 aliphatic rings. The van der Waals surface area contributed by atoms with Crippen molar-refractivity contribution in [3.8, 4) is 0 Å². The molecule has 0 bridgehead atoms. The summed E-state index contributed by atoms with van der Waals surface area (Å²) in [4.78, 5) is 21.1. The third-order valence-corrected chi connectivity index (χ3v) is 1.31. The Bertz CT molecular complexity index is 209. The number of halogens is 1. The molecular formula is C7H9BrO4. The molecule has 0 unspecified atom stereocenters. The van der Waals surface area contributed by atoms with Gasteiger partial charge in [0.2, 0.25) is 0 Å². The fourth-order valence-corrected chi connectivity index (χ4v) is 0.591. The van der Waals surface area contributed by atoms with Gasteiger partial charge in [0, 0.05) is 6.92 Å². The fourth-order valence-electron chi connectivity index (χ4n) is 0.383. The molecule has 0 aromatic rings. The van der Waals surface area contributed by atoms with Crippen molar-refractivity contribution in [1.82, 2.24) is 0 Å². The molecule has 0 heterocycles. The van der Waals surface area contributed by atoms with Crippen molar-refractivity contribution in [1.29, 1.82) is 0 Å². The van der Waals surface area contributed by atoms with Gasteiger partial charge in [-0.05, 0) is 22.9 Å². The van der Waals surface area contributed by atoms with Crippen molar-refractivity contribution in [3.05, 3.63) is 10.7 Å². The standard InChI is InChI=1S/C7H9BrO4/c1-3-11-7(10)6(8)4-12-5(2)9/h4H,3H2,1-2H3. The Balaban J connectivity index is 3.99. The third kappa shape index (κ3) is 4.90. The Morgan fingerprint density at radius 1 is 1.50 bits per heavy atom. The molecule has 0 saturated carbocycles. The predicted molar refractivity (Wildman–Crippen MR) is 45.4 cm³/mol. The van der Waals surface area contributed by atoms with E-state index in [4.69, 9.17) is 0 Å². The summed E-state index contributed by atoms with van der Waals surface area (Å²) in [5.41, 5.74) is 0. The highest BCUT2D eigenvalue weighted by atomic mass is 79.9. The maximum Gasteiger partial charge on any atom is 0.348 e. The van der Waals surface area contributed by atoms with Crippen LogP contribution in [-0.4, -0.2) is 18.5 Å². The summed E-state index contributed by atoms with van der Waals surface area (Å²) < 4.78 is 9.10. The summed E-state index contributed by atoms with van der Waals surface area (Å²) in [5.74, 6) is -1.05. The van der Waals surface area contributed by atoms with E-state index in [0.29, 0.717) is 0 Å². The zero-order valence-corrected chi connectivity index (χ0v) is 8.38. The van der Waals surface area contributed by atoms with Crippen LogP contribution in [0.15, 0.2) is 10.7 Å². The van der Waals surface area contributed by atoms with Crippen LogP contribution >= 0.6 is 15.9 Å². The topological polar surface area (TPSA) is 52.6 Å². The maximum absolute atomic E-state index is 10.8. The molecule has 68 valence electrons. The average Bonchev–Trinajstić information content (AvgIpc) is 2.00. The van der Waals surface area contributed by atoms with Crippen molar-refractivity contribution in [3.63, 3.8) is 0 Å². The van der Waals surface area contributed by atoms with Gasteiger partial charge in [-0.25, -0.2) is 4.79 Å². The minimum Gasteiger partial charge on any atom is -0.462 e. The second-order valence-electron chi connectivity index (χ2n) is 1.80. The van der Waals surface area contributed by atoms with Gasteiger partial charge in [-0.15, -0.1) is 0 Å². The van der Waals surface area contributed by atoms with Crippen LogP contribution < -0.4 is 0 Å². The Hall–Kier alpha value is -0.840. The van der Waals surface area contributed by atoms with E-state index < -0.39 is 11.9 Å². The Labute approximate surface area is 78.7 Å². The SMILES string of the molecule is CCOC(=O)C(Br)=COC(C)=O. The lowest BCUT2D eigenvalue weighted by atomic mass is 10.6. The minimum atomic E-state index is -0.557. The molecule has 0 N–H and O–H groups in total. The van der Waals surface area contributed by atoms with Crippen LogP contribution in [0.4, 0.5) is 0 Å². The summed E-state index contributed by atoms with van der Waals surface area (Å²) in [5, 5.41) is 0. The number of carbonyl (C=O) groups excluding carboxylic acids is 2. The van der Waals surface area contributed by atoms with Crippen LogP contribution in [0.2, 0.25) is 0 Å². The molecule has 0 saturated heterocycles. The van der Waals surface area contributed by atoms with E-state index >= 15 is 0 Å². The summed E-state index contributed by atoms with van der Waals surface area (Å²) in [6.45, 7) is 3.20. The molecule has 4 nitrogen and oxygen atoms in total. The van der Waals surface area contributed by atoms with Crippen LogP contribution in [0.5, 0.6) is 0 Å². The number of hydrogen-bond donors (Lipinski definition) is 0. The highest BCUT2D eigenvalue weighted by molar-refractivity contribution is 9.12. The lowest BCUT2D eigenvalue weighted by Gasteiger charge is -1.98. The molecular weight excluding hydrogens is 228 g/mol. The van der Waals surface area contributed by atoms with E-state index in [-0.39, 0.29) is 11.1 Å². The third-order valence-electron chi connectivity index (χ3n) is 0.799. The molecule has 0 rings (SSSR count). The monoisotopic (exact) mass is 236 g/mol. The molecule has 0 aromatic heterocycles. The zero-order valence-electron chi connectivity index (χ0n) is 6.80. The highest BCUT2D eigenvalue weighted by Crippen LogP contribution is 2.07. The summed E-state index contributed by atoms with van der Waals surface area (Å²) in [6.07, 6.45) is 1.00. The quantitative estimate of drug-likeness (QED) is 0.422. The van der Waals surface area contributed by atoms with Crippen LogP contribution in [-0.2, 0) is 19.1 Å². The summed E-state index contributed by atoms with van der Waals surface area (Å²) in [7, 11) is 0. The normalized spacial score (nSPS) is 10.8. The highest BCUT2D eigenvalue weighted by Gasteiger charge is 2.06. The second-order valence-corrected chi connectivity index (χ2v) is 2.65. The van der Waals surface area contributed by atoms with Gasteiger partial charge >= 0.3 is 11.9 Å². The van der Waals surface area contributed by atoms with Gasteiger partial charge in [-0.3, -0.25) is 4.79 Å². The number of rotatable bonds is 3. The molecule has 0 aliphatic carbocycles. The van der Waals surface area contributed by atoms with Crippen molar-refractivity contribution in [2.45, 2.75) is 13.8 Å². The minimum absolute atomic E-state index is 0.0829. The van der Waals surface area contributed by atoms with Crippen molar-refractivity contribution >= 4 is 27.9 Å². The first-order chi connectivity index (χ1) is 5.57. The molecule has 12 heavy (non-hydrogen) atoms. The van der Waals surface area contributed by atoms with Crippen molar-refractivity contribution in [2.75, 3.05) is 6.61 Å². The van der Waals surface area contributed by atoms with E-state index in [0.717, 1.165) is 6.26 Å². The fraction of sp³-hybridized carbons (Fsp3) is 0.429. The number of ether oxygens (including phenoxy) is 2. The number of hydrogen-bond acceptors (Lipinski definition) is 4. The van der Waals surface area contributed by atoms with E-state index in [1.54, 1.807) is 6.92 Å². The van der Waals surface area contributed by atoms with Gasteiger partial charge in [0.05, 0.1) is 6.61 Å². The molecule has 0 amide bonds. The van der Waals surface area contributed by atoms with Crippen molar-refractivity contribution in [2.24, 2.45) is 0 Å². The molecule has 5 heteroatoms. The number of carbonyl (C=O) groups is 2. The zero-order chi connectivity index (χ0) is 9.56. The molecule has 0 radical (unpaired) electrons. The van der Waals surface area contributed by atoms with E-state index in [9.17, 15) is 9.59 Å². The van der Waals surface area contributed by atoms with Gasteiger partial charge in [0.25, 0.3) is 0 Å². The Kier molecular flexibility index (Phi) is 5.36. The molecule has 0 atom stereocenters. The maximum atomic E-state index is 10.8. The molecule has 0 aromatic carbocycles. The summed E-state index contributed by atoms with van der Waals surface area (Å²) >= 11 is 2.88. The van der Waals surface area contributed by atoms with E-state index in [1.807, 2.05) is 0 Å². The lowest BCUT2D eigenvalue weighted by Crippen LogP contribution is -2.04. The first-order valence-corrected chi connectivity index (χ1v) is 4.07.